The molecule has 2 aliphatic heterocycles. The molecule has 0 bridgehead atoms. The maximum Gasteiger partial charge on any atom is 0.312 e. The predicted molar refractivity (Wildman–Crippen MR) is 103 cm³/mol. The van der Waals surface area contributed by atoms with Crippen LogP contribution in [-0.4, -0.2) is 18.9 Å². The smallest absolute Gasteiger partial charge is 0.312 e. The molecular formula is C23H16O6. The number of carbonyl (C=O) groups excluding carboxylic acids is 2. The molecule has 5 rings (SSSR count). The van der Waals surface area contributed by atoms with Crippen molar-refractivity contribution in [3.63, 3.8) is 0 Å². The van der Waals surface area contributed by atoms with Crippen LogP contribution in [0.2, 0.25) is 0 Å². The van der Waals surface area contributed by atoms with E-state index in [1.54, 1.807) is 37.5 Å². The van der Waals surface area contributed by atoms with Gasteiger partial charge in [-0.2, -0.15) is 0 Å². The standard InChI is InChI=1S/C23H16O6/c1-26-14-6-4-13(5-7-14)17-12-20(24)28-18-9-8-16-22(25)19(29-23(16)21(17)18)11-15-3-2-10-27-15/h2-11,17H,12H2,1H3/b19-11-/t17-/m0/s1. The third-order valence-corrected chi connectivity index (χ3v) is 5.11. The number of esters is 1. The minimum Gasteiger partial charge on any atom is -0.497 e. The Morgan fingerprint density at radius 2 is 1.86 bits per heavy atom. The lowest BCUT2D eigenvalue weighted by atomic mass is 9.84. The number of fused-ring (bicyclic) bond motifs is 3. The molecule has 6 nitrogen and oxygen atoms in total. The molecule has 2 aromatic carbocycles. The Hall–Kier alpha value is -3.80. The number of benzene rings is 2. The molecule has 0 fully saturated rings. The molecule has 0 saturated heterocycles. The van der Waals surface area contributed by atoms with E-state index in [1.807, 2.05) is 24.3 Å². The first-order valence-corrected chi connectivity index (χ1v) is 9.13. The van der Waals surface area contributed by atoms with Crippen molar-refractivity contribution in [2.24, 2.45) is 0 Å². The van der Waals surface area contributed by atoms with Gasteiger partial charge >= 0.3 is 5.97 Å². The van der Waals surface area contributed by atoms with Gasteiger partial charge in [-0.3, -0.25) is 9.59 Å². The fourth-order valence-corrected chi connectivity index (χ4v) is 3.73. The summed E-state index contributed by atoms with van der Waals surface area (Å²) in [6, 6.07) is 14.2. The Labute approximate surface area is 166 Å². The molecule has 3 aromatic rings. The zero-order chi connectivity index (χ0) is 20.0. The molecule has 0 saturated carbocycles. The van der Waals surface area contributed by atoms with Gasteiger partial charge in [0.25, 0.3) is 0 Å². The summed E-state index contributed by atoms with van der Waals surface area (Å²) in [4.78, 5) is 25.0. The summed E-state index contributed by atoms with van der Waals surface area (Å²) >= 11 is 0. The molecule has 1 aromatic heterocycles. The Kier molecular flexibility index (Phi) is 3.98. The topological polar surface area (TPSA) is 75.0 Å². The van der Waals surface area contributed by atoms with Crippen LogP contribution in [0.25, 0.3) is 6.08 Å². The minimum absolute atomic E-state index is 0.157. The van der Waals surface area contributed by atoms with E-state index in [9.17, 15) is 9.59 Å². The predicted octanol–water partition coefficient (Wildman–Crippen LogP) is 4.35. The van der Waals surface area contributed by atoms with E-state index in [0.717, 1.165) is 11.3 Å². The van der Waals surface area contributed by atoms with E-state index in [2.05, 4.69) is 0 Å². The van der Waals surface area contributed by atoms with Crippen molar-refractivity contribution in [1.82, 2.24) is 0 Å². The molecule has 1 atom stereocenters. The number of furan rings is 1. The number of ketones is 1. The molecular weight excluding hydrogens is 372 g/mol. The highest BCUT2D eigenvalue weighted by atomic mass is 16.5. The second-order valence-electron chi connectivity index (χ2n) is 6.81. The van der Waals surface area contributed by atoms with E-state index < -0.39 is 0 Å². The first-order chi connectivity index (χ1) is 14.1. The van der Waals surface area contributed by atoms with Crippen molar-refractivity contribution in [2.45, 2.75) is 12.3 Å². The van der Waals surface area contributed by atoms with Gasteiger partial charge < -0.3 is 18.6 Å². The molecule has 0 spiro atoms. The van der Waals surface area contributed by atoms with Crippen molar-refractivity contribution in [2.75, 3.05) is 7.11 Å². The first kappa shape index (κ1) is 17.3. The van der Waals surface area contributed by atoms with Crippen molar-refractivity contribution < 1.29 is 28.2 Å². The Morgan fingerprint density at radius 3 is 2.59 bits per heavy atom. The maximum absolute atomic E-state index is 12.8. The van der Waals surface area contributed by atoms with Gasteiger partial charge in [-0.1, -0.05) is 12.1 Å². The van der Waals surface area contributed by atoms with Gasteiger partial charge in [0, 0.05) is 17.6 Å². The van der Waals surface area contributed by atoms with Gasteiger partial charge in [0.05, 0.1) is 25.4 Å². The highest BCUT2D eigenvalue weighted by molar-refractivity contribution is 6.15. The van der Waals surface area contributed by atoms with Crippen LogP contribution in [0.5, 0.6) is 17.2 Å². The summed E-state index contributed by atoms with van der Waals surface area (Å²) in [5, 5.41) is 0. The zero-order valence-corrected chi connectivity index (χ0v) is 15.5. The fourth-order valence-electron chi connectivity index (χ4n) is 3.73. The molecule has 3 heterocycles. The number of hydrogen-bond acceptors (Lipinski definition) is 6. The maximum atomic E-state index is 12.8. The van der Waals surface area contributed by atoms with Crippen LogP contribution in [-0.2, 0) is 4.79 Å². The number of methoxy groups -OCH3 is 1. The van der Waals surface area contributed by atoms with E-state index in [1.165, 1.54) is 6.26 Å². The average molecular weight is 388 g/mol. The van der Waals surface area contributed by atoms with Crippen molar-refractivity contribution >= 4 is 17.8 Å². The zero-order valence-electron chi connectivity index (χ0n) is 15.5. The van der Waals surface area contributed by atoms with Gasteiger partial charge in [-0.25, -0.2) is 0 Å². The molecule has 2 aliphatic rings. The molecule has 0 aliphatic carbocycles. The highest BCUT2D eigenvalue weighted by Crippen LogP contribution is 2.49. The molecule has 6 heteroatoms. The van der Waals surface area contributed by atoms with Crippen LogP contribution in [0.3, 0.4) is 0 Å². The molecule has 0 N–H and O–H groups in total. The number of allylic oxidation sites excluding steroid dienone is 1. The van der Waals surface area contributed by atoms with E-state index in [4.69, 9.17) is 18.6 Å². The van der Waals surface area contributed by atoms with Gasteiger partial charge in [0.15, 0.2) is 5.76 Å². The monoisotopic (exact) mass is 388 g/mol. The molecule has 144 valence electrons. The Morgan fingerprint density at radius 1 is 1.03 bits per heavy atom. The van der Waals surface area contributed by atoms with Crippen LogP contribution < -0.4 is 14.2 Å². The number of rotatable bonds is 3. The lowest BCUT2D eigenvalue weighted by molar-refractivity contribution is -0.135. The van der Waals surface area contributed by atoms with Crippen LogP contribution in [0, 0.1) is 0 Å². The van der Waals surface area contributed by atoms with Crippen LogP contribution in [0.1, 0.15) is 39.6 Å². The quantitative estimate of drug-likeness (QED) is 0.377. The summed E-state index contributed by atoms with van der Waals surface area (Å²) in [6.07, 6.45) is 3.25. The van der Waals surface area contributed by atoms with E-state index in [-0.39, 0.29) is 29.9 Å². The van der Waals surface area contributed by atoms with Gasteiger partial charge in [0.1, 0.15) is 23.0 Å². The normalized spacial score (nSPS) is 18.8. The van der Waals surface area contributed by atoms with Gasteiger partial charge in [-0.15, -0.1) is 0 Å². The van der Waals surface area contributed by atoms with Gasteiger partial charge in [-0.05, 0) is 42.0 Å². The Bertz CT molecular complexity index is 1140. The van der Waals surface area contributed by atoms with E-state index in [0.29, 0.717) is 28.4 Å². The molecule has 0 radical (unpaired) electrons. The lowest BCUT2D eigenvalue weighted by Crippen LogP contribution is -2.21. The van der Waals surface area contributed by atoms with Crippen molar-refractivity contribution in [3.05, 3.63) is 83.0 Å². The largest absolute Gasteiger partial charge is 0.497 e. The molecule has 0 unspecified atom stereocenters. The van der Waals surface area contributed by atoms with Crippen molar-refractivity contribution in [1.29, 1.82) is 0 Å². The number of Topliss-reactive ketones (excluding diaryl/α,β-unsaturated/α-hetero) is 1. The van der Waals surface area contributed by atoms with Crippen LogP contribution >= 0.6 is 0 Å². The second-order valence-corrected chi connectivity index (χ2v) is 6.81. The lowest BCUT2D eigenvalue weighted by Gasteiger charge is -2.26. The first-order valence-electron chi connectivity index (χ1n) is 9.13. The highest BCUT2D eigenvalue weighted by Gasteiger charge is 2.38. The number of ether oxygens (including phenoxy) is 3. The third kappa shape index (κ3) is 2.89. The minimum atomic E-state index is -0.325. The van der Waals surface area contributed by atoms with E-state index >= 15 is 0 Å². The SMILES string of the molecule is COc1ccc([C@@H]2CC(=O)Oc3ccc4c(c32)O/C(=C\c2ccco2)C4=O)cc1. The van der Waals surface area contributed by atoms with Crippen LogP contribution in [0.4, 0.5) is 0 Å². The molecule has 0 amide bonds. The second kappa shape index (κ2) is 6.67. The van der Waals surface area contributed by atoms with Crippen LogP contribution in [0.15, 0.2) is 65.0 Å². The average Bonchev–Trinajstić information content (AvgIpc) is 3.36. The van der Waals surface area contributed by atoms with Gasteiger partial charge in [0.2, 0.25) is 5.78 Å². The summed E-state index contributed by atoms with van der Waals surface area (Å²) in [5.74, 6) is 1.41. The summed E-state index contributed by atoms with van der Waals surface area (Å²) in [7, 11) is 1.60. The Balaban J connectivity index is 1.61. The summed E-state index contributed by atoms with van der Waals surface area (Å²) in [5.41, 5.74) is 2.05. The summed E-state index contributed by atoms with van der Waals surface area (Å²) in [6.45, 7) is 0. The number of carbonyl (C=O) groups is 2. The summed E-state index contributed by atoms with van der Waals surface area (Å²) < 4.78 is 21.9. The number of hydrogen-bond donors (Lipinski definition) is 0. The third-order valence-electron chi connectivity index (χ3n) is 5.11. The van der Waals surface area contributed by atoms with Crippen molar-refractivity contribution in [3.8, 4) is 17.2 Å². The fraction of sp³-hybridized carbons (Fsp3) is 0.130. The molecule has 29 heavy (non-hydrogen) atoms.